The summed E-state index contributed by atoms with van der Waals surface area (Å²) in [6, 6.07) is 3.75. The molecule has 28 heavy (non-hydrogen) atoms. The lowest BCUT2D eigenvalue weighted by Crippen LogP contribution is -2.37. The lowest BCUT2D eigenvalue weighted by atomic mass is 9.82. The smallest absolute Gasteiger partial charge is 0.233 e. The highest BCUT2D eigenvalue weighted by molar-refractivity contribution is 5.97. The number of nitrogens with zero attached hydrogens (tertiary/aromatic N) is 2. The van der Waals surface area contributed by atoms with Crippen molar-refractivity contribution < 1.29 is 19.6 Å². The third-order valence-electron chi connectivity index (χ3n) is 5.54. The number of amides is 2. The molecule has 0 saturated heterocycles. The standard InChI is InChI=1S/C21H31N3O4/c1-3-5-7-16(13-24(28)14-25)20(26)17-8-6-9-18(17)21(27)23-19-12-15(4-2)10-11-22-19/h10-12,14,16-18,28H,3-9,13H2,1-2H3,(H,22,23,27)/t16-,17?,18-/m1/s1. The third kappa shape index (κ3) is 5.86. The first kappa shape index (κ1) is 22.0. The van der Waals surface area contributed by atoms with Crippen molar-refractivity contribution in [2.45, 2.75) is 58.8 Å². The summed E-state index contributed by atoms with van der Waals surface area (Å²) < 4.78 is 0. The lowest BCUT2D eigenvalue weighted by molar-refractivity contribution is -0.155. The van der Waals surface area contributed by atoms with Gasteiger partial charge >= 0.3 is 0 Å². The number of aromatic nitrogens is 1. The van der Waals surface area contributed by atoms with E-state index in [1.165, 1.54) is 0 Å². The second kappa shape index (κ2) is 10.9. The molecule has 0 aromatic carbocycles. The highest BCUT2D eigenvalue weighted by Crippen LogP contribution is 2.36. The number of aryl methyl sites for hydroxylation is 1. The number of hydrogen-bond acceptors (Lipinski definition) is 5. The minimum atomic E-state index is -0.449. The molecule has 2 rings (SSSR count). The Morgan fingerprint density at radius 1 is 1.36 bits per heavy atom. The van der Waals surface area contributed by atoms with Gasteiger partial charge in [-0.1, -0.05) is 33.1 Å². The molecule has 3 atom stereocenters. The van der Waals surface area contributed by atoms with Gasteiger partial charge in [0.25, 0.3) is 0 Å². The van der Waals surface area contributed by atoms with Crippen LogP contribution in [0.3, 0.4) is 0 Å². The Morgan fingerprint density at radius 3 is 2.79 bits per heavy atom. The van der Waals surface area contributed by atoms with E-state index in [4.69, 9.17) is 0 Å². The normalized spacial score (nSPS) is 19.8. The monoisotopic (exact) mass is 389 g/mol. The highest BCUT2D eigenvalue weighted by atomic mass is 16.5. The van der Waals surface area contributed by atoms with Crippen LogP contribution in [0.4, 0.5) is 5.82 Å². The molecular formula is C21H31N3O4. The fourth-order valence-electron chi connectivity index (χ4n) is 3.94. The van der Waals surface area contributed by atoms with Crippen LogP contribution in [0.1, 0.15) is 57.9 Å². The molecule has 7 heteroatoms. The molecule has 1 heterocycles. The van der Waals surface area contributed by atoms with Crippen LogP contribution in [-0.2, 0) is 20.8 Å². The number of anilines is 1. The summed E-state index contributed by atoms with van der Waals surface area (Å²) in [4.78, 5) is 40.9. The van der Waals surface area contributed by atoms with Gasteiger partial charge in [0, 0.05) is 24.0 Å². The van der Waals surface area contributed by atoms with Crippen molar-refractivity contribution in [3.8, 4) is 0 Å². The van der Waals surface area contributed by atoms with Gasteiger partial charge in [0.1, 0.15) is 11.6 Å². The van der Waals surface area contributed by atoms with Crippen LogP contribution in [0.15, 0.2) is 18.3 Å². The third-order valence-corrected chi connectivity index (χ3v) is 5.54. The molecule has 2 amide bonds. The number of nitrogens with one attached hydrogen (secondary N) is 1. The maximum atomic E-state index is 13.1. The van der Waals surface area contributed by atoms with Gasteiger partial charge in [-0.3, -0.25) is 19.6 Å². The molecule has 1 unspecified atom stereocenters. The molecule has 0 spiro atoms. The molecule has 0 bridgehead atoms. The number of ketones is 1. The Morgan fingerprint density at radius 2 is 2.11 bits per heavy atom. The second-order valence-electron chi connectivity index (χ2n) is 7.50. The van der Waals surface area contributed by atoms with E-state index in [1.807, 2.05) is 26.0 Å². The minimum Gasteiger partial charge on any atom is -0.310 e. The van der Waals surface area contributed by atoms with E-state index in [-0.39, 0.29) is 24.2 Å². The number of unbranched alkanes of at least 4 members (excludes halogenated alkanes) is 1. The van der Waals surface area contributed by atoms with Gasteiger partial charge in [-0.2, -0.15) is 0 Å². The van der Waals surface area contributed by atoms with Gasteiger partial charge in [-0.25, -0.2) is 10.0 Å². The maximum Gasteiger partial charge on any atom is 0.233 e. The Hall–Kier alpha value is -2.28. The summed E-state index contributed by atoms with van der Waals surface area (Å²) in [7, 11) is 0. The summed E-state index contributed by atoms with van der Waals surface area (Å²) in [5.41, 5.74) is 1.08. The predicted molar refractivity (Wildman–Crippen MR) is 106 cm³/mol. The molecule has 1 aliphatic rings. The van der Waals surface area contributed by atoms with Gasteiger partial charge < -0.3 is 5.32 Å². The van der Waals surface area contributed by atoms with Crippen LogP contribution in [0.25, 0.3) is 0 Å². The zero-order valence-corrected chi connectivity index (χ0v) is 16.8. The largest absolute Gasteiger partial charge is 0.310 e. The Bertz CT molecular complexity index is 679. The Balaban J connectivity index is 2.08. The number of hydrogen-bond donors (Lipinski definition) is 2. The molecule has 2 N–H and O–H groups in total. The molecule has 1 aromatic rings. The number of pyridine rings is 1. The summed E-state index contributed by atoms with van der Waals surface area (Å²) in [6.07, 6.45) is 7.33. The van der Waals surface area contributed by atoms with Gasteiger partial charge in [0.2, 0.25) is 12.3 Å². The van der Waals surface area contributed by atoms with Crippen molar-refractivity contribution in [3.05, 3.63) is 23.9 Å². The Kier molecular flexibility index (Phi) is 8.57. The van der Waals surface area contributed by atoms with Crippen LogP contribution < -0.4 is 5.32 Å². The topological polar surface area (TPSA) is 99.6 Å². The first-order valence-corrected chi connectivity index (χ1v) is 10.2. The van der Waals surface area contributed by atoms with Crippen LogP contribution in [0.2, 0.25) is 0 Å². The maximum absolute atomic E-state index is 13.1. The van der Waals surface area contributed by atoms with Gasteiger partial charge in [-0.05, 0) is 43.4 Å². The second-order valence-corrected chi connectivity index (χ2v) is 7.50. The Labute approximate surface area is 166 Å². The summed E-state index contributed by atoms with van der Waals surface area (Å²) in [5.74, 6) is -0.921. The molecule has 1 aliphatic carbocycles. The molecule has 1 saturated carbocycles. The molecule has 1 fully saturated rings. The molecule has 7 nitrogen and oxygen atoms in total. The van der Waals surface area contributed by atoms with E-state index < -0.39 is 11.8 Å². The number of Topliss-reactive ketones (excluding diaryl/α,β-unsaturated/α-hetero) is 1. The van der Waals surface area contributed by atoms with E-state index in [0.717, 1.165) is 31.2 Å². The zero-order valence-electron chi connectivity index (χ0n) is 16.8. The number of rotatable bonds is 11. The van der Waals surface area contributed by atoms with Crippen LogP contribution in [-0.4, -0.2) is 39.9 Å². The lowest BCUT2D eigenvalue weighted by Gasteiger charge is -2.25. The predicted octanol–water partition coefficient (Wildman–Crippen LogP) is 3.22. The minimum absolute atomic E-state index is 0.0206. The summed E-state index contributed by atoms with van der Waals surface area (Å²) in [5, 5.41) is 13.0. The van der Waals surface area contributed by atoms with E-state index >= 15 is 0 Å². The first-order chi connectivity index (χ1) is 13.5. The highest BCUT2D eigenvalue weighted by Gasteiger charge is 2.40. The fourth-order valence-corrected chi connectivity index (χ4v) is 3.94. The van der Waals surface area contributed by atoms with Crippen LogP contribution in [0.5, 0.6) is 0 Å². The van der Waals surface area contributed by atoms with Crippen LogP contribution >= 0.6 is 0 Å². The average Bonchev–Trinajstić information content (AvgIpc) is 3.20. The van der Waals surface area contributed by atoms with Gasteiger partial charge in [-0.15, -0.1) is 0 Å². The van der Waals surface area contributed by atoms with Crippen molar-refractivity contribution in [2.24, 2.45) is 17.8 Å². The molecule has 1 aromatic heterocycles. The van der Waals surface area contributed by atoms with Crippen LogP contribution in [0, 0.1) is 17.8 Å². The molecule has 154 valence electrons. The SMILES string of the molecule is CCCC[C@H](CN(O)C=O)C(=O)C1CCC[C@H]1C(=O)Nc1cc(CC)ccn1. The van der Waals surface area contributed by atoms with Crippen molar-refractivity contribution in [1.82, 2.24) is 10.0 Å². The number of carbonyl (C=O) groups excluding carboxylic acids is 3. The number of hydroxylamine groups is 2. The number of carbonyl (C=O) groups is 3. The van der Waals surface area contributed by atoms with Crippen molar-refractivity contribution in [1.29, 1.82) is 0 Å². The molecule has 0 radical (unpaired) electrons. The molecule has 0 aliphatic heterocycles. The van der Waals surface area contributed by atoms with Crippen molar-refractivity contribution in [3.63, 3.8) is 0 Å². The van der Waals surface area contributed by atoms with Crippen molar-refractivity contribution in [2.75, 3.05) is 11.9 Å². The van der Waals surface area contributed by atoms with Crippen molar-refractivity contribution >= 4 is 23.9 Å². The van der Waals surface area contributed by atoms with E-state index in [9.17, 15) is 19.6 Å². The summed E-state index contributed by atoms with van der Waals surface area (Å²) >= 11 is 0. The van der Waals surface area contributed by atoms with Gasteiger partial charge in [0.15, 0.2) is 0 Å². The van der Waals surface area contributed by atoms with E-state index in [0.29, 0.717) is 36.6 Å². The molecular weight excluding hydrogens is 358 g/mol. The van der Waals surface area contributed by atoms with E-state index in [2.05, 4.69) is 10.3 Å². The van der Waals surface area contributed by atoms with Gasteiger partial charge in [0.05, 0.1) is 6.54 Å². The zero-order chi connectivity index (χ0) is 20.5. The summed E-state index contributed by atoms with van der Waals surface area (Å²) in [6.45, 7) is 4.04. The fraction of sp³-hybridized carbons (Fsp3) is 0.619. The van der Waals surface area contributed by atoms with E-state index in [1.54, 1.807) is 6.20 Å². The average molecular weight is 389 g/mol. The first-order valence-electron chi connectivity index (χ1n) is 10.2. The quantitative estimate of drug-likeness (QED) is 0.344.